The Kier molecular flexibility index (Phi) is 6.75. The maximum Gasteiger partial charge on any atom is 0.416 e. The second-order valence-corrected chi connectivity index (χ2v) is 8.46. The summed E-state index contributed by atoms with van der Waals surface area (Å²) in [5.74, 6) is -0.815. The van der Waals surface area contributed by atoms with Gasteiger partial charge in [0.15, 0.2) is 0 Å². The topological polar surface area (TPSA) is 113 Å². The molecule has 1 heterocycles. The second-order valence-electron chi connectivity index (χ2n) is 7.31. The minimum atomic E-state index is -4.72. The average Bonchev–Trinajstić information content (AvgIpc) is 3.22. The van der Waals surface area contributed by atoms with E-state index < -0.39 is 35.4 Å². The summed E-state index contributed by atoms with van der Waals surface area (Å²) >= 11 is 1.34. The summed E-state index contributed by atoms with van der Waals surface area (Å²) in [6.45, 7) is 0. The predicted octanol–water partition coefficient (Wildman–Crippen LogP) is 6.27. The number of primary amides is 1. The van der Waals surface area contributed by atoms with Crippen LogP contribution < -0.4 is 16.0 Å². The number of methoxy groups -OCH3 is 1. The van der Waals surface area contributed by atoms with Crippen LogP contribution in [0, 0.1) is 5.82 Å². The van der Waals surface area contributed by atoms with Crippen LogP contribution in [0.1, 0.15) is 5.56 Å². The number of aromatic amines is 1. The van der Waals surface area contributed by atoms with E-state index in [4.69, 9.17) is 5.73 Å². The largest absolute Gasteiger partial charge is 0.453 e. The van der Waals surface area contributed by atoms with Crippen molar-refractivity contribution in [3.63, 3.8) is 0 Å². The van der Waals surface area contributed by atoms with Gasteiger partial charge in [0, 0.05) is 9.79 Å². The van der Waals surface area contributed by atoms with E-state index in [1.807, 2.05) is 6.07 Å². The first-order valence-corrected chi connectivity index (χ1v) is 11.0. The second kappa shape index (κ2) is 9.77. The number of rotatable bonds is 5. The van der Waals surface area contributed by atoms with Crippen LogP contribution in [0.3, 0.4) is 0 Å². The maximum atomic E-state index is 14.4. The zero-order valence-corrected chi connectivity index (χ0v) is 19.2. The van der Waals surface area contributed by atoms with E-state index in [-0.39, 0.29) is 11.6 Å². The van der Waals surface area contributed by atoms with Crippen LogP contribution in [-0.4, -0.2) is 29.2 Å². The molecule has 3 aromatic carbocycles. The van der Waals surface area contributed by atoms with Gasteiger partial charge in [-0.2, -0.15) is 13.2 Å². The Hall–Kier alpha value is -4.26. The van der Waals surface area contributed by atoms with Crippen LogP contribution in [0.25, 0.3) is 11.0 Å². The molecule has 0 spiro atoms. The van der Waals surface area contributed by atoms with Gasteiger partial charge < -0.3 is 15.5 Å². The summed E-state index contributed by atoms with van der Waals surface area (Å²) < 4.78 is 58.2. The van der Waals surface area contributed by atoms with Crippen molar-refractivity contribution in [1.29, 1.82) is 0 Å². The van der Waals surface area contributed by atoms with Gasteiger partial charge in [0.05, 0.1) is 35.1 Å². The SMILES string of the molecule is COC(=O)Nc1nc2cc(Sc3ccc(N(C(N)=O)c4cc(C(F)(F)F)ccc4F)cc3)ccc2[nH]1. The van der Waals surface area contributed by atoms with E-state index in [1.165, 1.54) is 31.0 Å². The fourth-order valence-electron chi connectivity index (χ4n) is 3.30. The maximum absolute atomic E-state index is 14.4. The molecule has 13 heteroatoms. The molecule has 1 aromatic heterocycles. The molecule has 0 aliphatic carbocycles. The molecule has 8 nitrogen and oxygen atoms in total. The number of hydrogen-bond donors (Lipinski definition) is 3. The number of imidazole rings is 1. The lowest BCUT2D eigenvalue weighted by molar-refractivity contribution is -0.137. The van der Waals surface area contributed by atoms with Crippen molar-refractivity contribution in [2.75, 3.05) is 17.3 Å². The van der Waals surface area contributed by atoms with Gasteiger partial charge in [-0.25, -0.2) is 19.0 Å². The van der Waals surface area contributed by atoms with Gasteiger partial charge in [-0.15, -0.1) is 0 Å². The number of carbonyl (C=O) groups is 2. The molecule has 0 aliphatic heterocycles. The predicted molar refractivity (Wildman–Crippen MR) is 126 cm³/mol. The summed E-state index contributed by atoms with van der Waals surface area (Å²) in [7, 11) is 1.23. The highest BCUT2D eigenvalue weighted by atomic mass is 32.2. The molecule has 186 valence electrons. The molecule has 0 radical (unpaired) electrons. The van der Waals surface area contributed by atoms with E-state index in [1.54, 1.807) is 24.3 Å². The number of fused-ring (bicyclic) bond motifs is 1. The number of urea groups is 1. The smallest absolute Gasteiger partial charge is 0.416 e. The van der Waals surface area contributed by atoms with Gasteiger partial charge in [-0.05, 0) is 60.7 Å². The molecule has 0 bridgehead atoms. The minimum absolute atomic E-state index is 0.0892. The molecular weight excluding hydrogens is 502 g/mol. The van der Waals surface area contributed by atoms with Crippen LogP contribution in [0.4, 0.5) is 44.5 Å². The molecule has 0 fully saturated rings. The molecule has 4 N–H and O–H groups in total. The van der Waals surface area contributed by atoms with Crippen molar-refractivity contribution >= 4 is 52.2 Å². The van der Waals surface area contributed by atoms with Gasteiger partial charge in [0.25, 0.3) is 0 Å². The summed E-state index contributed by atoms with van der Waals surface area (Å²) in [5.41, 5.74) is 5.00. The van der Waals surface area contributed by atoms with Crippen molar-refractivity contribution in [3.05, 3.63) is 72.0 Å². The van der Waals surface area contributed by atoms with E-state index in [9.17, 15) is 27.2 Å². The molecule has 4 aromatic rings. The van der Waals surface area contributed by atoms with Gasteiger partial charge >= 0.3 is 18.3 Å². The molecule has 0 atom stereocenters. The van der Waals surface area contributed by atoms with Gasteiger partial charge in [0.1, 0.15) is 5.82 Å². The molecule has 36 heavy (non-hydrogen) atoms. The zero-order valence-electron chi connectivity index (χ0n) is 18.4. The summed E-state index contributed by atoms with van der Waals surface area (Å²) in [4.78, 5) is 32.8. The number of nitrogens with zero attached hydrogens (tertiary/aromatic N) is 2. The molecule has 3 amide bonds. The number of aromatic nitrogens is 2. The van der Waals surface area contributed by atoms with E-state index >= 15 is 0 Å². The third-order valence-electron chi connectivity index (χ3n) is 4.93. The monoisotopic (exact) mass is 519 g/mol. The van der Waals surface area contributed by atoms with Crippen LogP contribution in [0.15, 0.2) is 70.5 Å². The first-order valence-electron chi connectivity index (χ1n) is 10.1. The number of hydrogen-bond acceptors (Lipinski definition) is 5. The van der Waals surface area contributed by atoms with Gasteiger partial charge in [0.2, 0.25) is 5.95 Å². The lowest BCUT2D eigenvalue weighted by atomic mass is 10.1. The van der Waals surface area contributed by atoms with Gasteiger partial charge in [-0.3, -0.25) is 10.2 Å². The molecule has 4 rings (SSSR count). The Labute approximate surface area is 205 Å². The first kappa shape index (κ1) is 24.9. The number of amides is 3. The van der Waals surface area contributed by atoms with Crippen molar-refractivity contribution in [1.82, 2.24) is 9.97 Å². The Balaban J connectivity index is 1.57. The molecule has 0 aliphatic rings. The van der Waals surface area contributed by atoms with Crippen LogP contribution >= 0.6 is 11.8 Å². The highest BCUT2D eigenvalue weighted by Crippen LogP contribution is 2.37. The molecule has 0 saturated heterocycles. The fraction of sp³-hybridized carbons (Fsp3) is 0.0870. The Morgan fingerprint density at radius 1 is 1.06 bits per heavy atom. The number of alkyl halides is 3. The van der Waals surface area contributed by atoms with Crippen LogP contribution in [0.2, 0.25) is 0 Å². The number of ether oxygens (including phenoxy) is 1. The van der Waals surface area contributed by atoms with E-state index in [0.29, 0.717) is 34.1 Å². The number of benzene rings is 3. The number of nitrogens with two attached hydrogens (primary N) is 1. The lowest BCUT2D eigenvalue weighted by Crippen LogP contribution is -2.32. The zero-order chi connectivity index (χ0) is 26.0. The summed E-state index contributed by atoms with van der Waals surface area (Å²) in [6.07, 6.45) is -5.39. The number of nitrogens with one attached hydrogen (secondary N) is 2. The summed E-state index contributed by atoms with van der Waals surface area (Å²) in [5, 5.41) is 2.44. The molecule has 0 saturated carbocycles. The number of halogens is 4. The fourth-order valence-corrected chi connectivity index (χ4v) is 4.15. The van der Waals surface area contributed by atoms with Crippen molar-refractivity contribution in [2.45, 2.75) is 16.0 Å². The third kappa shape index (κ3) is 5.35. The quantitative estimate of drug-likeness (QED) is 0.269. The Morgan fingerprint density at radius 3 is 2.39 bits per heavy atom. The summed E-state index contributed by atoms with van der Waals surface area (Å²) in [6, 6.07) is 12.1. The number of H-pyrrole nitrogens is 1. The van der Waals surface area contributed by atoms with E-state index in [2.05, 4.69) is 20.0 Å². The highest BCUT2D eigenvalue weighted by molar-refractivity contribution is 7.99. The standard InChI is InChI=1S/C23H17F4N5O3S/c1-35-22(34)31-21-29-17-9-7-15(11-18(17)30-21)36-14-5-3-13(4-6-14)32(20(28)33)19-10-12(23(25,26)27)2-8-16(19)24/h2-11H,1H3,(H2,28,33)(H2,29,30,31,34). The minimum Gasteiger partial charge on any atom is -0.453 e. The number of anilines is 3. The third-order valence-corrected chi connectivity index (χ3v) is 5.92. The van der Waals surface area contributed by atoms with Crippen molar-refractivity contribution in [2.24, 2.45) is 5.73 Å². The number of carbonyl (C=O) groups excluding carboxylic acids is 2. The first-order chi connectivity index (χ1) is 17.0. The van der Waals surface area contributed by atoms with E-state index in [0.717, 1.165) is 9.79 Å². The Morgan fingerprint density at radius 2 is 1.75 bits per heavy atom. The van der Waals surface area contributed by atoms with Crippen molar-refractivity contribution in [3.8, 4) is 0 Å². The highest BCUT2D eigenvalue weighted by Gasteiger charge is 2.32. The lowest BCUT2D eigenvalue weighted by Gasteiger charge is -2.22. The van der Waals surface area contributed by atoms with Crippen LogP contribution in [-0.2, 0) is 10.9 Å². The van der Waals surface area contributed by atoms with Crippen molar-refractivity contribution < 1.29 is 31.9 Å². The van der Waals surface area contributed by atoms with Crippen LogP contribution in [0.5, 0.6) is 0 Å². The Bertz CT molecular complexity index is 1440. The normalized spacial score (nSPS) is 11.4. The molecular formula is C23H17F4N5O3S. The average molecular weight is 519 g/mol. The molecule has 0 unspecified atom stereocenters. The van der Waals surface area contributed by atoms with Gasteiger partial charge in [-0.1, -0.05) is 11.8 Å².